The van der Waals surface area contributed by atoms with Gasteiger partial charge in [-0.15, -0.1) is 0 Å². The predicted octanol–water partition coefficient (Wildman–Crippen LogP) is 4.54. The van der Waals surface area contributed by atoms with Crippen LogP contribution in [0, 0.1) is 0 Å². The summed E-state index contributed by atoms with van der Waals surface area (Å²) in [5.41, 5.74) is 1.14. The van der Waals surface area contributed by atoms with Crippen LogP contribution in [0.25, 0.3) is 0 Å². The fourth-order valence-electron chi connectivity index (χ4n) is 0.617. The molecule has 0 unspecified atom stereocenters. The molecule has 1 aromatic carbocycles. The highest BCUT2D eigenvalue weighted by Crippen LogP contribution is 2.12. The van der Waals surface area contributed by atoms with Crippen LogP contribution in [0.15, 0.2) is 28.7 Å². The number of halogens is 1. The molecule has 1 aromatic rings. The van der Waals surface area contributed by atoms with E-state index in [1.165, 1.54) is 0 Å². The van der Waals surface area contributed by atoms with Crippen molar-refractivity contribution < 1.29 is 0 Å². The molecule has 0 atom stereocenters. The quantitative estimate of drug-likeness (QED) is 0.766. The molecule has 0 fully saturated rings. The van der Waals surface area contributed by atoms with Crippen molar-refractivity contribution in [2.24, 2.45) is 0 Å². The second-order valence-corrected chi connectivity index (χ2v) is 2.67. The van der Waals surface area contributed by atoms with Gasteiger partial charge in [0.1, 0.15) is 0 Å². The topological polar surface area (TPSA) is 12.0 Å². The monoisotopic (exact) mass is 245 g/mol. The first kappa shape index (κ1) is 15.0. The van der Waals surface area contributed by atoms with Crippen LogP contribution in [-0.2, 0) is 0 Å². The van der Waals surface area contributed by atoms with E-state index in [9.17, 15) is 0 Å². The van der Waals surface area contributed by atoms with E-state index < -0.39 is 0 Å². The van der Waals surface area contributed by atoms with E-state index in [1.807, 2.05) is 59.0 Å². The minimum absolute atomic E-state index is 1.11. The van der Waals surface area contributed by atoms with Crippen LogP contribution in [-0.4, -0.2) is 7.05 Å². The van der Waals surface area contributed by atoms with Gasteiger partial charge in [-0.3, -0.25) is 0 Å². The summed E-state index contributed by atoms with van der Waals surface area (Å²) in [5, 5.41) is 3.03. The van der Waals surface area contributed by atoms with E-state index in [0.717, 1.165) is 10.2 Å². The van der Waals surface area contributed by atoms with Gasteiger partial charge in [0.25, 0.3) is 0 Å². The summed E-state index contributed by atoms with van der Waals surface area (Å²) in [6.45, 7) is 8.00. The van der Waals surface area contributed by atoms with E-state index in [2.05, 4.69) is 21.2 Å². The van der Waals surface area contributed by atoms with Crippen LogP contribution < -0.4 is 5.32 Å². The predicted molar refractivity (Wildman–Crippen MR) is 66.4 cm³/mol. The molecule has 0 heterocycles. The van der Waals surface area contributed by atoms with E-state index in [4.69, 9.17) is 0 Å². The Bertz CT molecular complexity index is 182. The highest BCUT2D eigenvalue weighted by Gasteiger charge is 1.85. The molecule has 1 N–H and O–H groups in total. The van der Waals surface area contributed by atoms with Crippen LogP contribution in [0.4, 0.5) is 5.69 Å². The third kappa shape index (κ3) is 7.85. The van der Waals surface area contributed by atoms with E-state index in [1.54, 1.807) is 0 Å². The molecule has 0 amide bonds. The molecule has 0 aliphatic heterocycles. The Kier molecular flexibility index (Phi) is 13.3. The lowest BCUT2D eigenvalue weighted by atomic mass is 10.3. The zero-order valence-corrected chi connectivity index (χ0v) is 10.8. The zero-order chi connectivity index (χ0) is 10.7. The van der Waals surface area contributed by atoms with Crippen LogP contribution >= 0.6 is 15.9 Å². The lowest BCUT2D eigenvalue weighted by Gasteiger charge is -1.96. The van der Waals surface area contributed by atoms with Crippen molar-refractivity contribution in [2.75, 3.05) is 12.4 Å². The van der Waals surface area contributed by atoms with Crippen molar-refractivity contribution >= 4 is 21.6 Å². The normalized spacial score (nSPS) is 7.23. The molecule has 0 saturated heterocycles. The van der Waals surface area contributed by atoms with Crippen LogP contribution in [0.1, 0.15) is 27.7 Å². The van der Waals surface area contributed by atoms with Gasteiger partial charge in [0, 0.05) is 17.2 Å². The molecular weight excluding hydrogens is 226 g/mol. The van der Waals surface area contributed by atoms with E-state index in [-0.39, 0.29) is 0 Å². The van der Waals surface area contributed by atoms with E-state index >= 15 is 0 Å². The van der Waals surface area contributed by atoms with Gasteiger partial charge in [-0.05, 0) is 24.3 Å². The highest BCUT2D eigenvalue weighted by atomic mass is 79.9. The summed E-state index contributed by atoms with van der Waals surface area (Å²) < 4.78 is 1.11. The molecule has 0 spiro atoms. The maximum Gasteiger partial charge on any atom is 0.0338 e. The summed E-state index contributed by atoms with van der Waals surface area (Å²) >= 11 is 3.35. The minimum Gasteiger partial charge on any atom is -0.388 e. The standard InChI is InChI=1S/C7H8BrN.2C2H6/c1-9-7-4-2-6(8)3-5-7;2*1-2/h2-5,9H,1H3;2*1-2H3. The summed E-state index contributed by atoms with van der Waals surface area (Å²) in [6.07, 6.45) is 0. The van der Waals surface area contributed by atoms with Gasteiger partial charge in [-0.25, -0.2) is 0 Å². The van der Waals surface area contributed by atoms with Gasteiger partial charge in [0.2, 0.25) is 0 Å². The smallest absolute Gasteiger partial charge is 0.0338 e. The molecule has 13 heavy (non-hydrogen) atoms. The first-order chi connectivity index (χ1) is 6.33. The lowest BCUT2D eigenvalue weighted by molar-refractivity contribution is 1.50. The first-order valence-electron chi connectivity index (χ1n) is 4.76. The zero-order valence-electron chi connectivity index (χ0n) is 9.19. The average molecular weight is 246 g/mol. The highest BCUT2D eigenvalue weighted by molar-refractivity contribution is 9.10. The Morgan fingerprint density at radius 1 is 0.923 bits per heavy atom. The van der Waals surface area contributed by atoms with Gasteiger partial charge in [0.05, 0.1) is 0 Å². The van der Waals surface area contributed by atoms with Crippen molar-refractivity contribution in [3.63, 3.8) is 0 Å². The molecule has 0 radical (unpaired) electrons. The molecular formula is C11H20BrN. The Morgan fingerprint density at radius 3 is 1.62 bits per heavy atom. The van der Waals surface area contributed by atoms with Gasteiger partial charge in [0.15, 0.2) is 0 Å². The second-order valence-electron chi connectivity index (χ2n) is 1.76. The van der Waals surface area contributed by atoms with Gasteiger partial charge in [-0.2, -0.15) is 0 Å². The van der Waals surface area contributed by atoms with Crippen molar-refractivity contribution in [1.29, 1.82) is 0 Å². The fraction of sp³-hybridized carbons (Fsp3) is 0.455. The summed E-state index contributed by atoms with van der Waals surface area (Å²) in [7, 11) is 1.91. The van der Waals surface area contributed by atoms with E-state index in [0.29, 0.717) is 0 Å². The summed E-state index contributed by atoms with van der Waals surface area (Å²) in [6, 6.07) is 8.05. The van der Waals surface area contributed by atoms with Crippen molar-refractivity contribution in [3.8, 4) is 0 Å². The van der Waals surface area contributed by atoms with Gasteiger partial charge < -0.3 is 5.32 Å². The second kappa shape index (κ2) is 11.5. The third-order valence-corrected chi connectivity index (χ3v) is 1.66. The van der Waals surface area contributed by atoms with Crippen LogP contribution in [0.5, 0.6) is 0 Å². The van der Waals surface area contributed by atoms with Crippen LogP contribution in [0.3, 0.4) is 0 Å². The third-order valence-electron chi connectivity index (χ3n) is 1.13. The summed E-state index contributed by atoms with van der Waals surface area (Å²) in [4.78, 5) is 0. The van der Waals surface area contributed by atoms with Crippen molar-refractivity contribution in [3.05, 3.63) is 28.7 Å². The molecule has 1 rings (SSSR count). The van der Waals surface area contributed by atoms with Crippen LogP contribution in [0.2, 0.25) is 0 Å². The number of nitrogens with one attached hydrogen (secondary N) is 1. The average Bonchev–Trinajstić information content (AvgIpc) is 2.25. The maximum atomic E-state index is 3.35. The number of benzene rings is 1. The van der Waals surface area contributed by atoms with Gasteiger partial charge >= 0.3 is 0 Å². The summed E-state index contributed by atoms with van der Waals surface area (Å²) in [5.74, 6) is 0. The number of anilines is 1. The SMILES string of the molecule is CC.CC.CNc1ccc(Br)cc1. The molecule has 0 aliphatic rings. The molecule has 76 valence electrons. The Hall–Kier alpha value is -0.500. The Morgan fingerprint density at radius 2 is 1.31 bits per heavy atom. The Balaban J connectivity index is 0. The van der Waals surface area contributed by atoms with Gasteiger partial charge in [-0.1, -0.05) is 43.6 Å². The molecule has 0 aromatic heterocycles. The molecule has 0 bridgehead atoms. The number of hydrogen-bond acceptors (Lipinski definition) is 1. The molecule has 2 heteroatoms. The minimum atomic E-state index is 1.11. The molecule has 0 saturated carbocycles. The number of hydrogen-bond donors (Lipinski definition) is 1. The molecule has 1 nitrogen and oxygen atoms in total. The Labute approximate surface area is 90.7 Å². The van der Waals surface area contributed by atoms with Crippen molar-refractivity contribution in [1.82, 2.24) is 0 Å². The fourth-order valence-corrected chi connectivity index (χ4v) is 0.881. The van der Waals surface area contributed by atoms with Crippen molar-refractivity contribution in [2.45, 2.75) is 27.7 Å². The lowest BCUT2D eigenvalue weighted by Crippen LogP contribution is -1.85. The largest absolute Gasteiger partial charge is 0.388 e. The molecule has 0 aliphatic carbocycles. The number of rotatable bonds is 1. The first-order valence-corrected chi connectivity index (χ1v) is 5.55. The maximum absolute atomic E-state index is 3.35.